The molecule has 0 aliphatic carbocycles. The molecule has 0 radical (unpaired) electrons. The Labute approximate surface area is 142 Å². The molecule has 0 bridgehead atoms. The van der Waals surface area contributed by atoms with E-state index >= 15 is 0 Å². The van der Waals surface area contributed by atoms with Gasteiger partial charge in [-0.1, -0.05) is 13.8 Å². The predicted octanol–water partition coefficient (Wildman–Crippen LogP) is 3.05. The number of aryl methyl sites for hydroxylation is 1. The highest BCUT2D eigenvalue weighted by Gasteiger charge is 2.12. The Morgan fingerprint density at radius 3 is 2.50 bits per heavy atom. The molecule has 2 rings (SSSR count). The number of nitrogens with one attached hydrogen (secondary N) is 1. The van der Waals surface area contributed by atoms with Crippen molar-refractivity contribution in [3.05, 3.63) is 40.2 Å². The monoisotopic (exact) mass is 330 g/mol. The molecule has 130 valence electrons. The number of nitrogens with zero attached hydrogens (tertiary/aromatic N) is 1. The van der Waals surface area contributed by atoms with Crippen LogP contribution in [0.25, 0.3) is 10.9 Å². The molecular formula is C19H26N2O3. The van der Waals surface area contributed by atoms with Crippen LogP contribution in [-0.2, 0) is 11.3 Å². The maximum Gasteiger partial charge on any atom is 0.258 e. The first kappa shape index (κ1) is 18.0. The molecule has 5 nitrogen and oxygen atoms in total. The predicted molar refractivity (Wildman–Crippen MR) is 96.7 cm³/mol. The maximum atomic E-state index is 12.3. The van der Waals surface area contributed by atoms with Gasteiger partial charge in [0.25, 0.3) is 11.5 Å². The lowest BCUT2D eigenvalue weighted by Gasteiger charge is -2.16. The lowest BCUT2D eigenvalue weighted by molar-refractivity contribution is -0.123. The van der Waals surface area contributed by atoms with E-state index in [2.05, 4.69) is 19.2 Å². The molecule has 1 aromatic heterocycles. The van der Waals surface area contributed by atoms with Gasteiger partial charge < -0.3 is 14.6 Å². The Kier molecular flexibility index (Phi) is 5.65. The van der Waals surface area contributed by atoms with Gasteiger partial charge in [0.2, 0.25) is 0 Å². The van der Waals surface area contributed by atoms with Crippen LogP contribution in [0.4, 0.5) is 0 Å². The van der Waals surface area contributed by atoms with Gasteiger partial charge in [0.1, 0.15) is 5.75 Å². The fourth-order valence-electron chi connectivity index (χ4n) is 2.79. The van der Waals surface area contributed by atoms with Crippen molar-refractivity contribution < 1.29 is 9.53 Å². The topological polar surface area (TPSA) is 60.3 Å². The summed E-state index contributed by atoms with van der Waals surface area (Å²) < 4.78 is 7.31. The zero-order valence-electron chi connectivity index (χ0n) is 15.1. The summed E-state index contributed by atoms with van der Waals surface area (Å²) in [5.74, 6) is 0.688. The van der Waals surface area contributed by atoms with Crippen LogP contribution >= 0.6 is 0 Å². The van der Waals surface area contributed by atoms with Gasteiger partial charge in [-0.15, -0.1) is 0 Å². The molecule has 0 atom stereocenters. The second kappa shape index (κ2) is 7.51. The van der Waals surface area contributed by atoms with E-state index in [1.54, 1.807) is 10.6 Å². The van der Waals surface area contributed by atoms with Crippen molar-refractivity contribution in [2.24, 2.45) is 0 Å². The number of carbonyl (C=O) groups is 1. The smallest absolute Gasteiger partial charge is 0.258 e. The highest BCUT2D eigenvalue weighted by atomic mass is 16.5. The molecule has 1 amide bonds. The summed E-state index contributed by atoms with van der Waals surface area (Å²) in [5.41, 5.74) is 1.86. The number of ether oxygens (including phenoxy) is 1. The van der Waals surface area contributed by atoms with E-state index in [1.165, 1.54) is 0 Å². The van der Waals surface area contributed by atoms with E-state index in [1.807, 2.05) is 39.0 Å². The molecule has 2 aromatic rings. The molecule has 1 heterocycles. The van der Waals surface area contributed by atoms with Gasteiger partial charge in [0, 0.05) is 30.1 Å². The first-order valence-electron chi connectivity index (χ1n) is 8.43. The van der Waals surface area contributed by atoms with Crippen molar-refractivity contribution in [1.29, 1.82) is 0 Å². The van der Waals surface area contributed by atoms with E-state index < -0.39 is 0 Å². The molecule has 0 saturated carbocycles. The maximum absolute atomic E-state index is 12.3. The fourth-order valence-corrected chi connectivity index (χ4v) is 2.79. The first-order valence-corrected chi connectivity index (χ1v) is 8.43. The fraction of sp³-hybridized carbons (Fsp3) is 0.474. The van der Waals surface area contributed by atoms with Crippen LogP contribution < -0.4 is 15.6 Å². The van der Waals surface area contributed by atoms with Gasteiger partial charge in [0.15, 0.2) is 6.61 Å². The zero-order chi connectivity index (χ0) is 17.9. The van der Waals surface area contributed by atoms with Crippen molar-refractivity contribution in [3.8, 4) is 5.75 Å². The largest absolute Gasteiger partial charge is 0.484 e. The molecule has 0 aliphatic rings. The summed E-state index contributed by atoms with van der Waals surface area (Å²) >= 11 is 0. The highest BCUT2D eigenvalue weighted by molar-refractivity contribution is 5.84. The number of benzene rings is 1. The van der Waals surface area contributed by atoms with Crippen LogP contribution in [0.2, 0.25) is 0 Å². The third-order valence-corrected chi connectivity index (χ3v) is 3.87. The molecular weight excluding hydrogens is 304 g/mol. The number of fused-ring (bicyclic) bond motifs is 1. The number of carbonyl (C=O) groups excluding carboxylic acids is 1. The Balaban J connectivity index is 2.39. The molecule has 5 heteroatoms. The third kappa shape index (κ3) is 3.96. The van der Waals surface area contributed by atoms with Crippen molar-refractivity contribution >= 4 is 16.8 Å². The molecule has 0 fully saturated rings. The summed E-state index contributed by atoms with van der Waals surface area (Å²) in [6.45, 7) is 10.5. The second-order valence-electron chi connectivity index (χ2n) is 6.53. The number of aromatic nitrogens is 1. The average Bonchev–Trinajstić information content (AvgIpc) is 2.51. The Bertz CT molecular complexity index is 791. The van der Waals surface area contributed by atoms with E-state index in [-0.39, 0.29) is 30.0 Å². The van der Waals surface area contributed by atoms with Crippen LogP contribution in [0.15, 0.2) is 29.1 Å². The van der Waals surface area contributed by atoms with Crippen LogP contribution in [0.1, 0.15) is 46.1 Å². The van der Waals surface area contributed by atoms with Crippen molar-refractivity contribution in [2.75, 3.05) is 6.61 Å². The summed E-state index contributed by atoms with van der Waals surface area (Å²) in [4.78, 5) is 24.1. The van der Waals surface area contributed by atoms with Gasteiger partial charge >= 0.3 is 0 Å². The van der Waals surface area contributed by atoms with Crippen molar-refractivity contribution in [1.82, 2.24) is 9.88 Å². The summed E-state index contributed by atoms with van der Waals surface area (Å²) in [6.07, 6.45) is 0. The van der Waals surface area contributed by atoms with Crippen LogP contribution in [0.5, 0.6) is 5.75 Å². The quantitative estimate of drug-likeness (QED) is 0.885. The number of amides is 1. The molecule has 0 spiro atoms. The Morgan fingerprint density at radius 2 is 1.92 bits per heavy atom. The van der Waals surface area contributed by atoms with Gasteiger partial charge in [-0.05, 0) is 44.4 Å². The highest BCUT2D eigenvalue weighted by Crippen LogP contribution is 2.27. The van der Waals surface area contributed by atoms with Gasteiger partial charge in [0.05, 0.1) is 5.52 Å². The van der Waals surface area contributed by atoms with Crippen LogP contribution in [0.3, 0.4) is 0 Å². The van der Waals surface area contributed by atoms with Crippen LogP contribution in [-0.4, -0.2) is 23.1 Å². The Hall–Kier alpha value is -2.30. The standard InChI is InChI=1S/C19H26N2O3/c1-6-21-17-9-14(24-11-18(22)20-13(4)5)7-8-15(17)16(12(2)3)10-19(21)23/h7-10,12-13H,6,11H2,1-5H3,(H,20,22). The van der Waals surface area contributed by atoms with Gasteiger partial charge in [-0.25, -0.2) is 0 Å². The van der Waals surface area contributed by atoms with Gasteiger partial charge in [-0.2, -0.15) is 0 Å². The van der Waals surface area contributed by atoms with E-state index in [9.17, 15) is 9.59 Å². The number of pyridine rings is 1. The molecule has 0 aliphatic heterocycles. The van der Waals surface area contributed by atoms with E-state index in [4.69, 9.17) is 4.74 Å². The lowest BCUT2D eigenvalue weighted by Crippen LogP contribution is -2.34. The SMILES string of the molecule is CCn1c(=O)cc(C(C)C)c2ccc(OCC(=O)NC(C)C)cc21. The average molecular weight is 330 g/mol. The summed E-state index contributed by atoms with van der Waals surface area (Å²) in [6, 6.07) is 7.45. The van der Waals surface area contributed by atoms with E-state index in [0.717, 1.165) is 16.5 Å². The molecule has 1 aromatic carbocycles. The normalized spacial score (nSPS) is 11.3. The van der Waals surface area contributed by atoms with Crippen molar-refractivity contribution in [3.63, 3.8) is 0 Å². The van der Waals surface area contributed by atoms with Crippen LogP contribution in [0, 0.1) is 0 Å². The lowest BCUT2D eigenvalue weighted by atomic mass is 9.98. The third-order valence-electron chi connectivity index (χ3n) is 3.87. The van der Waals surface area contributed by atoms with Crippen molar-refractivity contribution in [2.45, 2.75) is 53.1 Å². The first-order chi connectivity index (χ1) is 11.3. The number of rotatable bonds is 6. The zero-order valence-corrected chi connectivity index (χ0v) is 15.1. The minimum atomic E-state index is -0.158. The molecule has 1 N–H and O–H groups in total. The second-order valence-corrected chi connectivity index (χ2v) is 6.53. The minimum Gasteiger partial charge on any atom is -0.484 e. The number of hydrogen-bond donors (Lipinski definition) is 1. The molecule has 24 heavy (non-hydrogen) atoms. The van der Waals surface area contributed by atoms with E-state index in [0.29, 0.717) is 12.3 Å². The Morgan fingerprint density at radius 1 is 1.21 bits per heavy atom. The number of hydrogen-bond acceptors (Lipinski definition) is 3. The van der Waals surface area contributed by atoms with Gasteiger partial charge in [-0.3, -0.25) is 9.59 Å². The summed E-state index contributed by atoms with van der Waals surface area (Å²) in [5, 5.41) is 3.83. The minimum absolute atomic E-state index is 0.0107. The molecule has 0 saturated heterocycles. The summed E-state index contributed by atoms with van der Waals surface area (Å²) in [7, 11) is 0. The molecule has 0 unspecified atom stereocenters.